The predicted molar refractivity (Wildman–Crippen MR) is 81.3 cm³/mol. The lowest BCUT2D eigenvalue weighted by molar-refractivity contribution is 0.191. The van der Waals surface area contributed by atoms with Crippen molar-refractivity contribution in [2.75, 3.05) is 38.0 Å². The summed E-state index contributed by atoms with van der Waals surface area (Å²) in [6, 6.07) is 7.00. The molecule has 1 aromatic rings. The minimum Gasteiger partial charge on any atom is -0.383 e. The molecular formula is C14H22BrN3. The summed E-state index contributed by atoms with van der Waals surface area (Å²) in [4.78, 5) is 2.54. The lowest BCUT2D eigenvalue weighted by atomic mass is 10.2. The quantitative estimate of drug-likeness (QED) is 0.894. The Balaban J connectivity index is 1.84. The minimum absolute atomic E-state index is 0.580. The first-order chi connectivity index (χ1) is 8.66. The van der Waals surface area contributed by atoms with Crippen LogP contribution in [0.1, 0.15) is 12.5 Å². The first kappa shape index (κ1) is 13.8. The van der Waals surface area contributed by atoms with Crippen LogP contribution in [-0.2, 0) is 0 Å². The standard InChI is InChI=1S/C14H22BrN3/c1-11-9-13(3-4-14(11)15)17-10-12(2)18-7-5-16-6-8-18/h3-4,9,12,16-17H,5-8,10H2,1-2H3. The van der Waals surface area contributed by atoms with Gasteiger partial charge < -0.3 is 10.6 Å². The van der Waals surface area contributed by atoms with Crippen molar-refractivity contribution in [1.29, 1.82) is 0 Å². The molecule has 0 aliphatic carbocycles. The van der Waals surface area contributed by atoms with E-state index in [-0.39, 0.29) is 0 Å². The number of nitrogens with zero attached hydrogens (tertiary/aromatic N) is 1. The number of halogens is 1. The number of hydrogen-bond acceptors (Lipinski definition) is 3. The Morgan fingerprint density at radius 1 is 1.39 bits per heavy atom. The van der Waals surface area contributed by atoms with Crippen LogP contribution in [0.3, 0.4) is 0 Å². The lowest BCUT2D eigenvalue weighted by Crippen LogP contribution is -2.49. The van der Waals surface area contributed by atoms with E-state index in [0.29, 0.717) is 6.04 Å². The van der Waals surface area contributed by atoms with Crippen molar-refractivity contribution in [1.82, 2.24) is 10.2 Å². The zero-order valence-corrected chi connectivity index (χ0v) is 12.8. The van der Waals surface area contributed by atoms with Crippen LogP contribution in [0.25, 0.3) is 0 Å². The molecule has 0 bridgehead atoms. The molecule has 1 heterocycles. The lowest BCUT2D eigenvalue weighted by Gasteiger charge is -2.33. The zero-order valence-electron chi connectivity index (χ0n) is 11.2. The molecule has 1 fully saturated rings. The van der Waals surface area contributed by atoms with Crippen molar-refractivity contribution in [3.05, 3.63) is 28.2 Å². The first-order valence-electron chi connectivity index (χ1n) is 6.61. The second-order valence-corrected chi connectivity index (χ2v) is 5.83. The summed E-state index contributed by atoms with van der Waals surface area (Å²) >= 11 is 3.53. The van der Waals surface area contributed by atoms with Crippen LogP contribution in [0.2, 0.25) is 0 Å². The summed E-state index contributed by atoms with van der Waals surface area (Å²) in [7, 11) is 0. The highest BCUT2D eigenvalue weighted by Crippen LogP contribution is 2.20. The van der Waals surface area contributed by atoms with Gasteiger partial charge in [0.15, 0.2) is 0 Å². The van der Waals surface area contributed by atoms with Gasteiger partial charge in [-0.25, -0.2) is 0 Å². The van der Waals surface area contributed by atoms with Crippen molar-refractivity contribution < 1.29 is 0 Å². The van der Waals surface area contributed by atoms with E-state index in [4.69, 9.17) is 0 Å². The summed E-state index contributed by atoms with van der Waals surface area (Å²) in [5, 5.41) is 6.92. The topological polar surface area (TPSA) is 27.3 Å². The second-order valence-electron chi connectivity index (χ2n) is 4.98. The molecule has 2 N–H and O–H groups in total. The van der Waals surface area contributed by atoms with Crippen molar-refractivity contribution >= 4 is 21.6 Å². The Morgan fingerprint density at radius 3 is 2.78 bits per heavy atom. The maximum Gasteiger partial charge on any atom is 0.0344 e. The molecular weight excluding hydrogens is 290 g/mol. The van der Waals surface area contributed by atoms with Gasteiger partial charge in [-0.05, 0) is 37.6 Å². The van der Waals surface area contributed by atoms with Gasteiger partial charge in [0.05, 0.1) is 0 Å². The Morgan fingerprint density at radius 2 is 2.11 bits per heavy atom. The van der Waals surface area contributed by atoms with E-state index in [9.17, 15) is 0 Å². The largest absolute Gasteiger partial charge is 0.383 e. The second kappa shape index (κ2) is 6.55. The smallest absolute Gasteiger partial charge is 0.0344 e. The van der Waals surface area contributed by atoms with Crippen LogP contribution in [0.5, 0.6) is 0 Å². The van der Waals surface area contributed by atoms with Gasteiger partial charge in [-0.1, -0.05) is 15.9 Å². The molecule has 1 aliphatic heterocycles. The third-order valence-corrected chi connectivity index (χ3v) is 4.42. The molecule has 0 amide bonds. The Kier molecular flexibility index (Phi) is 5.03. The molecule has 4 heteroatoms. The normalized spacial score (nSPS) is 18.6. The number of benzene rings is 1. The molecule has 0 spiro atoms. The fourth-order valence-electron chi connectivity index (χ4n) is 2.27. The molecule has 1 saturated heterocycles. The Hall–Kier alpha value is -0.580. The molecule has 1 unspecified atom stereocenters. The predicted octanol–water partition coefficient (Wildman–Crippen LogP) is 2.46. The third kappa shape index (κ3) is 3.70. The van der Waals surface area contributed by atoms with Gasteiger partial charge in [0.25, 0.3) is 0 Å². The van der Waals surface area contributed by atoms with Gasteiger partial charge >= 0.3 is 0 Å². The Bertz CT molecular complexity index is 389. The molecule has 0 aromatic heterocycles. The van der Waals surface area contributed by atoms with Crippen LogP contribution < -0.4 is 10.6 Å². The van der Waals surface area contributed by atoms with Gasteiger partial charge in [0.1, 0.15) is 0 Å². The zero-order chi connectivity index (χ0) is 13.0. The van der Waals surface area contributed by atoms with E-state index in [0.717, 1.165) is 32.7 Å². The van der Waals surface area contributed by atoms with Crippen LogP contribution in [-0.4, -0.2) is 43.7 Å². The monoisotopic (exact) mass is 311 g/mol. The highest BCUT2D eigenvalue weighted by atomic mass is 79.9. The highest BCUT2D eigenvalue weighted by Gasteiger charge is 2.15. The van der Waals surface area contributed by atoms with E-state index in [1.165, 1.54) is 15.7 Å². The van der Waals surface area contributed by atoms with Gasteiger partial charge in [0, 0.05) is 48.9 Å². The molecule has 1 atom stereocenters. The summed E-state index contributed by atoms with van der Waals surface area (Å²) in [6.45, 7) is 9.95. The highest BCUT2D eigenvalue weighted by molar-refractivity contribution is 9.10. The molecule has 100 valence electrons. The van der Waals surface area contributed by atoms with E-state index >= 15 is 0 Å². The van der Waals surface area contributed by atoms with Crippen LogP contribution >= 0.6 is 15.9 Å². The minimum atomic E-state index is 0.580. The van der Waals surface area contributed by atoms with Crippen LogP contribution in [0.15, 0.2) is 22.7 Å². The van der Waals surface area contributed by atoms with Crippen molar-refractivity contribution in [3.8, 4) is 0 Å². The number of nitrogens with one attached hydrogen (secondary N) is 2. The van der Waals surface area contributed by atoms with Crippen molar-refractivity contribution in [2.24, 2.45) is 0 Å². The van der Waals surface area contributed by atoms with Gasteiger partial charge in [-0.15, -0.1) is 0 Å². The van der Waals surface area contributed by atoms with E-state index in [2.05, 4.69) is 63.5 Å². The fraction of sp³-hybridized carbons (Fsp3) is 0.571. The van der Waals surface area contributed by atoms with Crippen LogP contribution in [0.4, 0.5) is 5.69 Å². The third-order valence-electron chi connectivity index (χ3n) is 3.53. The summed E-state index contributed by atoms with van der Waals surface area (Å²) in [6.07, 6.45) is 0. The molecule has 1 aliphatic rings. The van der Waals surface area contributed by atoms with Gasteiger partial charge in [-0.3, -0.25) is 4.90 Å². The average molecular weight is 312 g/mol. The van der Waals surface area contributed by atoms with E-state index in [1.807, 2.05) is 0 Å². The molecule has 3 nitrogen and oxygen atoms in total. The molecule has 2 rings (SSSR count). The molecule has 0 saturated carbocycles. The van der Waals surface area contributed by atoms with Crippen molar-refractivity contribution in [3.63, 3.8) is 0 Å². The summed E-state index contributed by atoms with van der Waals surface area (Å²) < 4.78 is 1.17. The molecule has 1 aromatic carbocycles. The van der Waals surface area contributed by atoms with Crippen molar-refractivity contribution in [2.45, 2.75) is 19.9 Å². The fourth-order valence-corrected chi connectivity index (χ4v) is 2.52. The van der Waals surface area contributed by atoms with E-state index < -0.39 is 0 Å². The summed E-state index contributed by atoms with van der Waals surface area (Å²) in [5.74, 6) is 0. The molecule has 18 heavy (non-hydrogen) atoms. The SMILES string of the molecule is Cc1cc(NCC(C)N2CCNCC2)ccc1Br. The first-order valence-corrected chi connectivity index (χ1v) is 7.41. The van der Waals surface area contributed by atoms with Gasteiger partial charge in [-0.2, -0.15) is 0 Å². The van der Waals surface area contributed by atoms with Gasteiger partial charge in [0.2, 0.25) is 0 Å². The maximum atomic E-state index is 3.53. The number of aryl methyl sites for hydroxylation is 1. The van der Waals surface area contributed by atoms with E-state index in [1.54, 1.807) is 0 Å². The Labute approximate surface area is 118 Å². The van der Waals surface area contributed by atoms with Crippen LogP contribution in [0, 0.1) is 6.92 Å². The summed E-state index contributed by atoms with van der Waals surface area (Å²) in [5.41, 5.74) is 2.48. The maximum absolute atomic E-state index is 3.53. The average Bonchev–Trinajstić information content (AvgIpc) is 2.41. The number of hydrogen-bond donors (Lipinski definition) is 2. The molecule has 0 radical (unpaired) electrons. The number of piperazine rings is 1. The number of anilines is 1. The number of rotatable bonds is 4.